The normalized spacial score (nSPS) is 20.4. The zero-order valence-corrected chi connectivity index (χ0v) is 8.17. The summed E-state index contributed by atoms with van der Waals surface area (Å²) in [5.74, 6) is 2.00. The van der Waals surface area contributed by atoms with Gasteiger partial charge in [-0.1, -0.05) is 32.8 Å². The Kier molecular flexibility index (Phi) is 3.35. The highest BCUT2D eigenvalue weighted by Gasteiger charge is 2.18. The molecule has 1 aliphatic rings. The second-order valence-corrected chi connectivity index (χ2v) is 4.19. The smallest absolute Gasteiger partial charge is 0.408 e. The van der Waals surface area contributed by atoms with Crippen molar-refractivity contribution in [3.63, 3.8) is 0 Å². The molecule has 12 heavy (non-hydrogen) atoms. The van der Waals surface area contributed by atoms with Crippen LogP contribution in [0.1, 0.15) is 27.2 Å². The van der Waals surface area contributed by atoms with Crippen LogP contribution in [-0.2, 0) is 9.31 Å². The lowest BCUT2D eigenvalue weighted by Crippen LogP contribution is -2.28. The molecule has 0 aromatic heterocycles. The molecule has 0 saturated carbocycles. The quantitative estimate of drug-likeness (QED) is 0.558. The molecule has 68 valence electrons. The van der Waals surface area contributed by atoms with Crippen molar-refractivity contribution in [3.8, 4) is 0 Å². The molecule has 1 aliphatic heterocycles. The van der Waals surface area contributed by atoms with E-state index < -0.39 is 0 Å². The van der Waals surface area contributed by atoms with E-state index in [9.17, 15) is 0 Å². The first-order chi connectivity index (χ1) is 5.58. The maximum Gasteiger partial charge on any atom is 0.485 e. The Bertz CT molecular complexity index is 154. The van der Waals surface area contributed by atoms with Gasteiger partial charge in [0.15, 0.2) is 0 Å². The molecule has 0 aromatic carbocycles. The lowest BCUT2D eigenvalue weighted by molar-refractivity contribution is 0.142. The van der Waals surface area contributed by atoms with E-state index in [4.69, 9.17) is 9.31 Å². The van der Waals surface area contributed by atoms with Gasteiger partial charge in [-0.3, -0.25) is 0 Å². The summed E-state index contributed by atoms with van der Waals surface area (Å²) in [4.78, 5) is 0. The molecule has 0 N–H and O–H groups in total. The molecule has 0 radical (unpaired) electrons. The SMILES string of the molecule is CC(C)(C)/C=C/B1OCCCO1. The van der Waals surface area contributed by atoms with E-state index in [1.807, 2.05) is 5.98 Å². The van der Waals surface area contributed by atoms with Crippen LogP contribution in [-0.4, -0.2) is 20.3 Å². The molecule has 0 aliphatic carbocycles. The second kappa shape index (κ2) is 4.10. The predicted octanol–water partition coefficient (Wildman–Crippen LogP) is 2.05. The highest BCUT2D eigenvalue weighted by molar-refractivity contribution is 6.50. The monoisotopic (exact) mass is 168 g/mol. The van der Waals surface area contributed by atoms with Crippen molar-refractivity contribution < 1.29 is 9.31 Å². The maximum absolute atomic E-state index is 5.36. The summed E-state index contributed by atoms with van der Waals surface area (Å²) in [7, 11) is -0.113. The van der Waals surface area contributed by atoms with Gasteiger partial charge in [-0.25, -0.2) is 0 Å². The molecule has 1 saturated heterocycles. The molecule has 0 atom stereocenters. The number of hydrogen-bond acceptors (Lipinski definition) is 2. The van der Waals surface area contributed by atoms with Gasteiger partial charge >= 0.3 is 7.12 Å². The van der Waals surface area contributed by atoms with E-state index in [-0.39, 0.29) is 12.5 Å². The van der Waals surface area contributed by atoms with Gasteiger partial charge in [-0.2, -0.15) is 0 Å². The Morgan fingerprint density at radius 1 is 1.17 bits per heavy atom. The van der Waals surface area contributed by atoms with Crippen LogP contribution in [0.3, 0.4) is 0 Å². The molecule has 1 heterocycles. The molecule has 1 rings (SSSR count). The van der Waals surface area contributed by atoms with Gasteiger partial charge in [0.25, 0.3) is 0 Å². The van der Waals surface area contributed by atoms with E-state index in [2.05, 4.69) is 26.8 Å². The molecule has 0 bridgehead atoms. The van der Waals surface area contributed by atoms with Crippen LogP contribution in [0, 0.1) is 5.41 Å². The standard InChI is InChI=1S/C9H17BO2/c1-9(2,3)5-6-10-11-7-4-8-12-10/h5-6H,4,7-8H2,1-3H3/b6-5+. The first-order valence-electron chi connectivity index (χ1n) is 4.50. The summed E-state index contributed by atoms with van der Waals surface area (Å²) < 4.78 is 10.7. The fourth-order valence-electron chi connectivity index (χ4n) is 0.984. The van der Waals surface area contributed by atoms with Gasteiger partial charge in [-0.15, -0.1) is 0 Å². The lowest BCUT2D eigenvalue weighted by atomic mass is 9.83. The first kappa shape index (κ1) is 9.81. The van der Waals surface area contributed by atoms with Gasteiger partial charge in [-0.05, 0) is 11.8 Å². The van der Waals surface area contributed by atoms with Crippen LogP contribution in [0.2, 0.25) is 0 Å². The van der Waals surface area contributed by atoms with E-state index >= 15 is 0 Å². The number of rotatable bonds is 1. The maximum atomic E-state index is 5.36. The zero-order chi connectivity index (χ0) is 9.03. The molecule has 0 aromatic rings. The van der Waals surface area contributed by atoms with Gasteiger partial charge < -0.3 is 9.31 Å². The highest BCUT2D eigenvalue weighted by atomic mass is 16.6. The van der Waals surface area contributed by atoms with Crippen LogP contribution in [0.4, 0.5) is 0 Å². The molecular formula is C9H17BO2. The van der Waals surface area contributed by atoms with Crippen LogP contribution in [0.5, 0.6) is 0 Å². The summed E-state index contributed by atoms with van der Waals surface area (Å²) in [5, 5.41) is 0. The summed E-state index contributed by atoms with van der Waals surface area (Å²) in [6.45, 7) is 8.11. The lowest BCUT2D eigenvalue weighted by Gasteiger charge is -2.18. The van der Waals surface area contributed by atoms with Crippen molar-refractivity contribution in [2.45, 2.75) is 27.2 Å². The average Bonchev–Trinajstić information content (AvgIpc) is 2.02. The largest absolute Gasteiger partial charge is 0.485 e. The Hall–Kier alpha value is -0.275. The second-order valence-electron chi connectivity index (χ2n) is 4.19. The van der Waals surface area contributed by atoms with E-state index in [0.29, 0.717) is 0 Å². The van der Waals surface area contributed by atoms with Crippen molar-refractivity contribution in [2.75, 3.05) is 13.2 Å². The van der Waals surface area contributed by atoms with Crippen LogP contribution < -0.4 is 0 Å². The van der Waals surface area contributed by atoms with Crippen molar-refractivity contribution in [2.24, 2.45) is 5.41 Å². The van der Waals surface area contributed by atoms with Crippen molar-refractivity contribution >= 4 is 7.12 Å². The topological polar surface area (TPSA) is 18.5 Å². The molecule has 1 fully saturated rings. The third kappa shape index (κ3) is 3.93. The number of allylic oxidation sites excluding steroid dienone is 1. The van der Waals surface area contributed by atoms with Gasteiger partial charge in [0.05, 0.1) is 0 Å². The van der Waals surface area contributed by atoms with E-state index in [0.717, 1.165) is 19.6 Å². The molecule has 2 nitrogen and oxygen atoms in total. The Morgan fingerprint density at radius 3 is 2.25 bits per heavy atom. The number of hydrogen-bond donors (Lipinski definition) is 0. The summed E-state index contributed by atoms with van der Waals surface area (Å²) >= 11 is 0. The minimum Gasteiger partial charge on any atom is -0.408 e. The zero-order valence-electron chi connectivity index (χ0n) is 8.17. The molecule has 0 amide bonds. The van der Waals surface area contributed by atoms with Crippen LogP contribution >= 0.6 is 0 Å². The van der Waals surface area contributed by atoms with Gasteiger partial charge in [0.2, 0.25) is 0 Å². The third-order valence-corrected chi connectivity index (χ3v) is 1.61. The first-order valence-corrected chi connectivity index (χ1v) is 4.50. The van der Waals surface area contributed by atoms with Crippen molar-refractivity contribution in [1.82, 2.24) is 0 Å². The summed E-state index contributed by atoms with van der Waals surface area (Å²) in [6, 6.07) is 0. The van der Waals surface area contributed by atoms with Crippen LogP contribution in [0.15, 0.2) is 12.1 Å². The third-order valence-electron chi connectivity index (χ3n) is 1.61. The Labute approximate surface area is 75.1 Å². The Morgan fingerprint density at radius 2 is 1.75 bits per heavy atom. The molecule has 0 spiro atoms. The molecule has 3 heteroatoms. The molecular weight excluding hydrogens is 151 g/mol. The summed E-state index contributed by atoms with van der Waals surface area (Å²) in [6.07, 6.45) is 3.14. The average molecular weight is 168 g/mol. The highest BCUT2D eigenvalue weighted by Crippen LogP contribution is 2.15. The fraction of sp³-hybridized carbons (Fsp3) is 0.778. The fourth-order valence-corrected chi connectivity index (χ4v) is 0.984. The predicted molar refractivity (Wildman–Crippen MR) is 50.9 cm³/mol. The van der Waals surface area contributed by atoms with Crippen molar-refractivity contribution in [3.05, 3.63) is 12.1 Å². The molecule has 0 unspecified atom stereocenters. The van der Waals surface area contributed by atoms with Gasteiger partial charge in [0, 0.05) is 13.2 Å². The minimum absolute atomic E-state index is 0.113. The van der Waals surface area contributed by atoms with Crippen LogP contribution in [0.25, 0.3) is 0 Å². The summed E-state index contributed by atoms with van der Waals surface area (Å²) in [5.41, 5.74) is 0.212. The van der Waals surface area contributed by atoms with E-state index in [1.165, 1.54) is 0 Å². The van der Waals surface area contributed by atoms with Gasteiger partial charge in [0.1, 0.15) is 0 Å². The van der Waals surface area contributed by atoms with E-state index in [1.54, 1.807) is 0 Å². The van der Waals surface area contributed by atoms with Crippen molar-refractivity contribution in [1.29, 1.82) is 0 Å². The minimum atomic E-state index is -0.113. The Balaban J connectivity index is 2.33.